The first-order chi connectivity index (χ1) is 22.0. The molecule has 1 heterocycles. The molecule has 0 aromatic heterocycles. The van der Waals surface area contributed by atoms with Crippen LogP contribution in [0.4, 0.5) is 0 Å². The lowest BCUT2D eigenvalue weighted by Crippen LogP contribution is -2.49. The molecule has 1 aliphatic heterocycles. The van der Waals surface area contributed by atoms with Crippen LogP contribution in [-0.4, -0.2) is 84.9 Å². The Hall–Kier alpha value is -2.30. The van der Waals surface area contributed by atoms with Crippen LogP contribution in [0.3, 0.4) is 0 Å². The fraction of sp³-hybridized carbons (Fsp3) is 0.806. The standard InChI is InChI=1S/C36H65N5O5Si/c1-25(2)28(20-27-14-15-32(44-10)34(21-27)45-19-13-18-43-9)22-31(39-40-37)33(46-47(11,12)36(5,6)7)23-30(26(3)4)35(42)38-29-16-17-41(8)24-29/h14-15,21,25-26,28-31,33H,13,16-20,22-24H2,1-12H3,(H,38,42)/t28-,29?,30-,31-,33-/m0/s1. The second-order valence-corrected chi connectivity index (χ2v) is 20.4. The molecule has 0 bridgehead atoms. The van der Waals surface area contributed by atoms with Gasteiger partial charge in [0.05, 0.1) is 25.9 Å². The number of methoxy groups -OCH3 is 2. The van der Waals surface area contributed by atoms with Crippen LogP contribution in [0.2, 0.25) is 18.1 Å². The zero-order valence-electron chi connectivity index (χ0n) is 31.5. The number of hydrogen-bond donors (Lipinski definition) is 1. The summed E-state index contributed by atoms with van der Waals surface area (Å²) in [4.78, 5) is 19.4. The van der Waals surface area contributed by atoms with E-state index in [-0.39, 0.29) is 40.8 Å². The number of carbonyl (C=O) groups excluding carboxylic acids is 1. The number of nitrogens with zero attached hydrogens (tertiary/aromatic N) is 4. The van der Waals surface area contributed by atoms with Crippen LogP contribution in [0, 0.1) is 23.7 Å². The predicted octanol–water partition coefficient (Wildman–Crippen LogP) is 7.87. The number of hydrogen-bond acceptors (Lipinski definition) is 7. The van der Waals surface area contributed by atoms with Crippen LogP contribution >= 0.6 is 0 Å². The Morgan fingerprint density at radius 3 is 2.34 bits per heavy atom. The van der Waals surface area contributed by atoms with E-state index in [1.807, 2.05) is 6.07 Å². The maximum absolute atomic E-state index is 13.8. The van der Waals surface area contributed by atoms with Gasteiger partial charge in [0.1, 0.15) is 0 Å². The topological polar surface area (TPSA) is 118 Å². The molecule has 0 radical (unpaired) electrons. The second-order valence-electron chi connectivity index (χ2n) is 15.7. The van der Waals surface area contributed by atoms with Crippen LogP contribution in [-0.2, 0) is 20.4 Å². The quantitative estimate of drug-likeness (QED) is 0.0494. The lowest BCUT2D eigenvalue weighted by atomic mass is 9.80. The van der Waals surface area contributed by atoms with Crippen LogP contribution in [0.15, 0.2) is 23.3 Å². The van der Waals surface area contributed by atoms with E-state index in [0.717, 1.165) is 37.9 Å². The van der Waals surface area contributed by atoms with Crippen molar-refractivity contribution >= 4 is 14.2 Å². The van der Waals surface area contributed by atoms with Crippen molar-refractivity contribution < 1.29 is 23.4 Å². The molecular formula is C36H65N5O5Si. The lowest BCUT2D eigenvalue weighted by Gasteiger charge is -2.42. The zero-order chi connectivity index (χ0) is 35.4. The van der Waals surface area contributed by atoms with E-state index in [2.05, 4.69) is 101 Å². The highest BCUT2D eigenvalue weighted by atomic mass is 28.4. The normalized spacial score (nSPS) is 18.5. The van der Waals surface area contributed by atoms with E-state index in [0.29, 0.717) is 43.5 Å². The molecule has 0 saturated carbocycles. The number of azide groups is 1. The summed E-state index contributed by atoms with van der Waals surface area (Å²) >= 11 is 0. The van der Waals surface area contributed by atoms with Gasteiger partial charge in [-0.1, -0.05) is 59.6 Å². The second kappa shape index (κ2) is 19.0. The first-order valence-corrected chi connectivity index (χ1v) is 20.4. The Labute approximate surface area is 286 Å². The van der Waals surface area contributed by atoms with Gasteiger partial charge in [-0.05, 0) is 98.4 Å². The van der Waals surface area contributed by atoms with Gasteiger partial charge in [0.15, 0.2) is 19.8 Å². The minimum Gasteiger partial charge on any atom is -0.493 e. The van der Waals surface area contributed by atoms with Gasteiger partial charge in [-0.3, -0.25) is 4.79 Å². The number of ether oxygens (including phenoxy) is 3. The van der Waals surface area contributed by atoms with Crippen molar-refractivity contribution in [2.45, 2.75) is 117 Å². The summed E-state index contributed by atoms with van der Waals surface area (Å²) in [5.41, 5.74) is 11.0. The van der Waals surface area contributed by atoms with Gasteiger partial charge < -0.3 is 28.9 Å². The SMILES string of the molecule is COCCCOc1cc(C[C@@H](C[C@H](N=[N+]=[N-])[C@H](C[C@H](C(=O)NC2CCN(C)C2)C(C)C)O[Si](C)(C)C(C)(C)C)C(C)C)ccc1OC. The van der Waals surface area contributed by atoms with Crippen LogP contribution in [0.5, 0.6) is 11.5 Å². The molecule has 1 unspecified atom stereocenters. The highest BCUT2D eigenvalue weighted by Gasteiger charge is 2.43. The largest absolute Gasteiger partial charge is 0.493 e. The van der Waals surface area contributed by atoms with Crippen molar-refractivity contribution in [3.8, 4) is 11.5 Å². The third kappa shape index (κ3) is 12.9. The van der Waals surface area contributed by atoms with E-state index in [1.54, 1.807) is 14.2 Å². The molecule has 1 aromatic rings. The van der Waals surface area contributed by atoms with Gasteiger partial charge in [-0.2, -0.15) is 0 Å². The molecule has 1 fully saturated rings. The number of likely N-dealkylation sites (N-methyl/N-ethyl adjacent to an activating group) is 1. The summed E-state index contributed by atoms with van der Waals surface area (Å²) in [6.07, 6.45) is 3.30. The number of amides is 1. The number of rotatable bonds is 20. The molecule has 10 nitrogen and oxygen atoms in total. The minimum atomic E-state index is -2.29. The number of nitrogens with one attached hydrogen (secondary N) is 1. The van der Waals surface area contributed by atoms with E-state index in [1.165, 1.54) is 0 Å². The molecule has 47 heavy (non-hydrogen) atoms. The molecule has 1 aliphatic rings. The molecule has 1 N–H and O–H groups in total. The Balaban J connectivity index is 2.41. The summed E-state index contributed by atoms with van der Waals surface area (Å²) in [6.45, 7) is 22.8. The minimum absolute atomic E-state index is 0.0453. The van der Waals surface area contributed by atoms with Crippen molar-refractivity contribution in [2.75, 3.05) is 47.6 Å². The summed E-state index contributed by atoms with van der Waals surface area (Å²) < 4.78 is 23.9. The first kappa shape index (κ1) is 40.9. The predicted molar refractivity (Wildman–Crippen MR) is 194 cm³/mol. The molecule has 2 rings (SSSR count). The molecule has 11 heteroatoms. The van der Waals surface area contributed by atoms with Gasteiger partial charge >= 0.3 is 0 Å². The molecule has 5 atom stereocenters. The third-order valence-electron chi connectivity index (χ3n) is 10.2. The molecule has 0 spiro atoms. The van der Waals surface area contributed by atoms with Crippen LogP contribution in [0.1, 0.15) is 79.7 Å². The van der Waals surface area contributed by atoms with Gasteiger partial charge in [0.25, 0.3) is 0 Å². The Kier molecular flexibility index (Phi) is 16.5. The molecular weight excluding hydrogens is 611 g/mol. The average Bonchev–Trinajstić information content (AvgIpc) is 3.39. The molecule has 1 saturated heterocycles. The van der Waals surface area contributed by atoms with Gasteiger partial charge in [-0.25, -0.2) is 0 Å². The fourth-order valence-corrected chi connectivity index (χ4v) is 7.39. The molecule has 268 valence electrons. The van der Waals surface area contributed by atoms with Gasteiger partial charge in [0.2, 0.25) is 5.91 Å². The third-order valence-corrected chi connectivity index (χ3v) is 14.7. The molecule has 1 aromatic carbocycles. The smallest absolute Gasteiger partial charge is 0.223 e. The number of carbonyl (C=O) groups is 1. The van der Waals surface area contributed by atoms with Crippen molar-refractivity contribution in [3.63, 3.8) is 0 Å². The summed E-state index contributed by atoms with van der Waals surface area (Å²) in [5, 5.41) is 7.71. The van der Waals surface area contributed by atoms with Crippen molar-refractivity contribution in [3.05, 3.63) is 34.2 Å². The summed E-state index contributed by atoms with van der Waals surface area (Å²) in [7, 11) is 3.14. The monoisotopic (exact) mass is 675 g/mol. The fourth-order valence-electron chi connectivity index (χ4n) is 6.02. The van der Waals surface area contributed by atoms with E-state index in [9.17, 15) is 10.3 Å². The highest BCUT2D eigenvalue weighted by molar-refractivity contribution is 6.74. The summed E-state index contributed by atoms with van der Waals surface area (Å²) in [6, 6.07) is 5.84. The first-order valence-electron chi connectivity index (χ1n) is 17.5. The highest BCUT2D eigenvalue weighted by Crippen LogP contribution is 2.40. The Morgan fingerprint density at radius 1 is 1.11 bits per heavy atom. The van der Waals surface area contributed by atoms with Gasteiger partial charge in [0, 0.05) is 43.6 Å². The van der Waals surface area contributed by atoms with Crippen molar-refractivity contribution in [2.24, 2.45) is 28.8 Å². The van der Waals surface area contributed by atoms with Crippen LogP contribution < -0.4 is 14.8 Å². The van der Waals surface area contributed by atoms with Gasteiger partial charge in [-0.15, -0.1) is 0 Å². The zero-order valence-corrected chi connectivity index (χ0v) is 32.5. The van der Waals surface area contributed by atoms with E-state index < -0.39 is 14.4 Å². The molecule has 0 aliphatic carbocycles. The Bertz CT molecular complexity index is 1150. The number of benzene rings is 1. The van der Waals surface area contributed by atoms with Crippen LogP contribution in [0.25, 0.3) is 10.4 Å². The van der Waals surface area contributed by atoms with E-state index >= 15 is 0 Å². The maximum Gasteiger partial charge on any atom is 0.223 e. The Morgan fingerprint density at radius 2 is 1.81 bits per heavy atom. The van der Waals surface area contributed by atoms with Crippen molar-refractivity contribution in [1.82, 2.24) is 10.2 Å². The summed E-state index contributed by atoms with van der Waals surface area (Å²) in [5.74, 6) is 1.85. The maximum atomic E-state index is 13.8. The van der Waals surface area contributed by atoms with Crippen molar-refractivity contribution in [1.29, 1.82) is 0 Å². The molecule has 1 amide bonds. The lowest BCUT2D eigenvalue weighted by molar-refractivity contribution is -0.128. The average molecular weight is 676 g/mol. The van der Waals surface area contributed by atoms with E-state index in [4.69, 9.17) is 18.6 Å². The number of likely N-dealkylation sites (tertiary alicyclic amines) is 1.